The molecule has 2 aromatic rings. The molecule has 6 heteroatoms. The first-order valence-electron chi connectivity index (χ1n) is 7.76. The molecule has 0 aromatic heterocycles. The second-order valence-electron chi connectivity index (χ2n) is 5.26. The van der Waals surface area contributed by atoms with Gasteiger partial charge in [-0.25, -0.2) is 4.39 Å². The summed E-state index contributed by atoms with van der Waals surface area (Å²) in [4.78, 5) is 23.3. The minimum atomic E-state index is -0.474. The van der Waals surface area contributed by atoms with Crippen LogP contribution in [-0.4, -0.2) is 18.4 Å². The number of carbonyl (C=O) groups is 2. The van der Waals surface area contributed by atoms with Gasteiger partial charge in [0.15, 0.2) is 0 Å². The van der Waals surface area contributed by atoms with Crippen LogP contribution in [0.2, 0.25) is 0 Å². The van der Waals surface area contributed by atoms with Crippen molar-refractivity contribution in [3.8, 4) is 0 Å². The summed E-state index contributed by atoms with van der Waals surface area (Å²) in [5.74, 6) is -0.846. The van der Waals surface area contributed by atoms with Crippen molar-refractivity contribution in [1.82, 2.24) is 0 Å². The Hall–Kier alpha value is -2.89. The average molecular weight is 329 g/mol. The quantitative estimate of drug-likeness (QED) is 0.727. The molecule has 0 aliphatic rings. The van der Waals surface area contributed by atoms with Crippen molar-refractivity contribution in [3.63, 3.8) is 0 Å². The highest BCUT2D eigenvalue weighted by Crippen LogP contribution is 2.15. The fourth-order valence-electron chi connectivity index (χ4n) is 2.06. The first-order chi connectivity index (χ1) is 11.6. The molecule has 2 rings (SSSR count). The minimum absolute atomic E-state index is 0.00980. The fourth-order valence-corrected chi connectivity index (χ4v) is 2.06. The van der Waals surface area contributed by atoms with Crippen LogP contribution in [0, 0.1) is 5.82 Å². The number of carbonyl (C=O) groups excluding carboxylic acids is 2. The zero-order valence-corrected chi connectivity index (χ0v) is 13.4. The van der Waals surface area contributed by atoms with Crippen LogP contribution < -0.4 is 16.0 Å². The number of rotatable bonds is 7. The van der Waals surface area contributed by atoms with E-state index in [1.54, 1.807) is 36.4 Å². The van der Waals surface area contributed by atoms with Crippen LogP contribution in [-0.2, 0) is 9.59 Å². The maximum Gasteiger partial charge on any atom is 0.243 e. The van der Waals surface area contributed by atoms with E-state index >= 15 is 0 Å². The summed E-state index contributed by atoms with van der Waals surface area (Å²) in [5, 5.41) is 8.23. The second kappa shape index (κ2) is 8.67. The van der Waals surface area contributed by atoms with Crippen LogP contribution in [0.15, 0.2) is 48.5 Å². The predicted molar refractivity (Wildman–Crippen MR) is 93.5 cm³/mol. The Bertz CT molecular complexity index is 702. The van der Waals surface area contributed by atoms with Crippen molar-refractivity contribution in [2.45, 2.75) is 19.8 Å². The molecular weight excluding hydrogens is 309 g/mol. The third kappa shape index (κ3) is 5.39. The van der Waals surface area contributed by atoms with E-state index in [4.69, 9.17) is 0 Å². The van der Waals surface area contributed by atoms with E-state index in [2.05, 4.69) is 16.0 Å². The largest absolute Gasteiger partial charge is 0.376 e. The van der Waals surface area contributed by atoms with Gasteiger partial charge in [-0.3, -0.25) is 9.59 Å². The summed E-state index contributed by atoms with van der Waals surface area (Å²) in [5.41, 5.74) is 1.58. The molecule has 0 fully saturated rings. The minimum Gasteiger partial charge on any atom is -0.376 e. The van der Waals surface area contributed by atoms with Gasteiger partial charge in [-0.2, -0.15) is 0 Å². The predicted octanol–water partition coefficient (Wildman–Crippen LogP) is 3.61. The van der Waals surface area contributed by atoms with Gasteiger partial charge in [0.1, 0.15) is 5.82 Å². The van der Waals surface area contributed by atoms with Gasteiger partial charge in [0, 0.05) is 17.8 Å². The van der Waals surface area contributed by atoms with E-state index in [1.165, 1.54) is 12.1 Å². The van der Waals surface area contributed by atoms with Crippen LogP contribution in [0.1, 0.15) is 19.8 Å². The van der Waals surface area contributed by atoms with E-state index in [9.17, 15) is 14.0 Å². The lowest BCUT2D eigenvalue weighted by Gasteiger charge is -2.09. The van der Waals surface area contributed by atoms with Crippen LogP contribution >= 0.6 is 0 Å². The summed E-state index contributed by atoms with van der Waals surface area (Å²) in [6, 6.07) is 13.0. The Morgan fingerprint density at radius 3 is 2.25 bits per heavy atom. The Labute approximate surface area is 140 Å². The van der Waals surface area contributed by atoms with Crippen molar-refractivity contribution >= 4 is 28.9 Å². The van der Waals surface area contributed by atoms with Gasteiger partial charge in [0.2, 0.25) is 11.8 Å². The van der Waals surface area contributed by atoms with Crippen molar-refractivity contribution in [1.29, 1.82) is 0 Å². The van der Waals surface area contributed by atoms with E-state index in [0.29, 0.717) is 12.1 Å². The van der Waals surface area contributed by atoms with Gasteiger partial charge < -0.3 is 16.0 Å². The summed E-state index contributed by atoms with van der Waals surface area (Å²) < 4.78 is 13.4. The molecular formula is C18H20FN3O2. The van der Waals surface area contributed by atoms with E-state index < -0.39 is 5.82 Å². The molecule has 0 aliphatic carbocycles. The first-order valence-corrected chi connectivity index (χ1v) is 7.76. The number of nitrogens with one attached hydrogen (secondary N) is 3. The van der Waals surface area contributed by atoms with Gasteiger partial charge in [-0.05, 0) is 42.8 Å². The lowest BCUT2D eigenvalue weighted by molar-refractivity contribution is -0.116. The number of amides is 2. The molecule has 0 unspecified atom stereocenters. The Kier molecular flexibility index (Phi) is 6.31. The summed E-state index contributed by atoms with van der Waals surface area (Å²) in [7, 11) is 0. The van der Waals surface area contributed by atoms with Gasteiger partial charge in [0.05, 0.1) is 12.2 Å². The molecule has 0 saturated heterocycles. The maximum absolute atomic E-state index is 13.4. The van der Waals surface area contributed by atoms with Crippen molar-refractivity contribution in [2.24, 2.45) is 0 Å². The highest BCUT2D eigenvalue weighted by Gasteiger charge is 2.06. The number of para-hydroxylation sites is 1. The van der Waals surface area contributed by atoms with Gasteiger partial charge in [0.25, 0.3) is 0 Å². The molecule has 5 nitrogen and oxygen atoms in total. The van der Waals surface area contributed by atoms with E-state index in [-0.39, 0.29) is 24.0 Å². The fraction of sp³-hybridized carbons (Fsp3) is 0.222. The van der Waals surface area contributed by atoms with Crippen LogP contribution in [0.25, 0.3) is 0 Å². The topological polar surface area (TPSA) is 70.2 Å². The molecule has 0 spiro atoms. The lowest BCUT2D eigenvalue weighted by atomic mass is 10.2. The smallest absolute Gasteiger partial charge is 0.243 e. The van der Waals surface area contributed by atoms with E-state index in [1.807, 2.05) is 6.92 Å². The molecule has 2 aromatic carbocycles. The summed E-state index contributed by atoms with van der Waals surface area (Å²) in [6.07, 6.45) is 1.28. The first kappa shape index (κ1) is 17.5. The SMILES string of the molecule is CCCC(=O)Nc1ccc(NCC(=O)Nc2ccccc2F)cc1. The average Bonchev–Trinajstić information content (AvgIpc) is 2.56. The highest BCUT2D eigenvalue weighted by molar-refractivity contribution is 5.94. The van der Waals surface area contributed by atoms with Crippen LogP contribution in [0.5, 0.6) is 0 Å². The standard InChI is InChI=1S/C18H20FN3O2/c1-2-5-17(23)21-14-10-8-13(9-11-14)20-12-18(24)22-16-7-4-3-6-15(16)19/h3-4,6-11,20H,2,5,12H2,1H3,(H,21,23)(H,22,24). The number of hydrogen-bond acceptors (Lipinski definition) is 3. The molecule has 2 amide bonds. The molecule has 24 heavy (non-hydrogen) atoms. The van der Waals surface area contributed by atoms with Crippen molar-refractivity contribution in [2.75, 3.05) is 22.5 Å². The van der Waals surface area contributed by atoms with Crippen LogP contribution in [0.3, 0.4) is 0 Å². The highest BCUT2D eigenvalue weighted by atomic mass is 19.1. The molecule has 3 N–H and O–H groups in total. The number of anilines is 3. The molecule has 0 aliphatic heterocycles. The molecule has 0 saturated carbocycles. The molecule has 0 bridgehead atoms. The van der Waals surface area contributed by atoms with Gasteiger partial charge in [-0.15, -0.1) is 0 Å². The van der Waals surface area contributed by atoms with Crippen molar-refractivity contribution in [3.05, 3.63) is 54.3 Å². The normalized spacial score (nSPS) is 10.1. The van der Waals surface area contributed by atoms with Gasteiger partial charge >= 0.3 is 0 Å². The zero-order chi connectivity index (χ0) is 17.4. The summed E-state index contributed by atoms with van der Waals surface area (Å²) in [6.45, 7) is 1.95. The molecule has 0 heterocycles. The lowest BCUT2D eigenvalue weighted by Crippen LogP contribution is -2.22. The Balaban J connectivity index is 1.82. The maximum atomic E-state index is 13.4. The van der Waals surface area contributed by atoms with Crippen LogP contribution in [0.4, 0.5) is 21.5 Å². The molecule has 126 valence electrons. The van der Waals surface area contributed by atoms with E-state index in [0.717, 1.165) is 12.1 Å². The monoisotopic (exact) mass is 329 g/mol. The molecule has 0 radical (unpaired) electrons. The second-order valence-corrected chi connectivity index (χ2v) is 5.26. The van der Waals surface area contributed by atoms with Crippen molar-refractivity contribution < 1.29 is 14.0 Å². The third-order valence-corrected chi connectivity index (χ3v) is 3.25. The zero-order valence-electron chi connectivity index (χ0n) is 13.4. The Morgan fingerprint density at radius 2 is 1.58 bits per heavy atom. The van der Waals surface area contributed by atoms with Gasteiger partial charge in [-0.1, -0.05) is 19.1 Å². The number of hydrogen-bond donors (Lipinski definition) is 3. The Morgan fingerprint density at radius 1 is 0.917 bits per heavy atom. The number of halogens is 1. The third-order valence-electron chi connectivity index (χ3n) is 3.25. The summed E-state index contributed by atoms with van der Waals surface area (Å²) >= 11 is 0. The molecule has 0 atom stereocenters. The number of benzene rings is 2.